The van der Waals surface area contributed by atoms with Gasteiger partial charge in [-0.25, -0.2) is 29.9 Å². The van der Waals surface area contributed by atoms with Gasteiger partial charge < -0.3 is 13.8 Å². The molecule has 5 heterocycles. The molecular weight excluding hydrogens is 686 g/mol. The number of halogens is 3. The number of aromatic amines is 2. The molecule has 10 nitrogen and oxygen atoms in total. The number of carbonyl (C=O) groups is 1. The minimum atomic E-state index is -1.90. The maximum atomic E-state index is 10.2. The second kappa shape index (κ2) is 12.0. The first-order chi connectivity index (χ1) is 23.3. The molecule has 14 heteroatoms. The molecule has 8 bridgehead atoms. The summed E-state index contributed by atoms with van der Waals surface area (Å²) >= 11 is 15.4. The zero-order valence-corrected chi connectivity index (χ0v) is 29.1. The van der Waals surface area contributed by atoms with Crippen LogP contribution in [0.15, 0.2) is 97.1 Å². The summed E-state index contributed by atoms with van der Waals surface area (Å²) in [5.74, 6) is 1.58. The Morgan fingerprint density at radius 3 is 1.00 bits per heavy atom. The Hall–Kier alpha value is -4.89. The van der Waals surface area contributed by atoms with Crippen molar-refractivity contribution in [2.24, 2.45) is 0 Å². The van der Waals surface area contributed by atoms with Gasteiger partial charge in [0.05, 0.1) is 0 Å². The van der Waals surface area contributed by atoms with Gasteiger partial charge in [0.25, 0.3) is 3.79 Å². The lowest BCUT2D eigenvalue weighted by Gasteiger charge is -2.07. The van der Waals surface area contributed by atoms with Crippen LogP contribution in [0, 0.1) is 0 Å². The number of benzene rings is 4. The number of nitrogens with zero attached hydrogens (tertiary/aromatic N) is 6. The van der Waals surface area contributed by atoms with Crippen molar-refractivity contribution < 1.29 is 8.58 Å². The molecule has 0 unspecified atom stereocenters. The van der Waals surface area contributed by atoms with E-state index in [1.165, 1.54) is 0 Å². The van der Waals surface area contributed by atoms with Gasteiger partial charge in [0, 0.05) is 43.8 Å². The quantitative estimate of drug-likeness (QED) is 0.124. The highest BCUT2D eigenvalue weighted by Gasteiger charge is 2.30. The van der Waals surface area contributed by atoms with Crippen LogP contribution in [0.3, 0.4) is 0 Å². The summed E-state index contributed by atoms with van der Waals surface area (Å²) in [4.78, 5) is 47.0. The number of nitrogens with one attached hydrogen (secondary N) is 2. The van der Waals surface area contributed by atoms with Crippen LogP contribution in [0.4, 0.5) is 0 Å². The first-order valence-electron chi connectivity index (χ1n) is 14.6. The third-order valence-electron chi connectivity index (χ3n) is 7.88. The predicted molar refractivity (Wildman–Crippen MR) is 191 cm³/mol. The fourth-order valence-corrected chi connectivity index (χ4v) is 6.63. The van der Waals surface area contributed by atoms with Crippen molar-refractivity contribution in [3.63, 3.8) is 0 Å². The van der Waals surface area contributed by atoms with Gasteiger partial charge in [-0.15, -0.1) is 0 Å². The highest BCUT2D eigenvalue weighted by Crippen LogP contribution is 2.36. The van der Waals surface area contributed by atoms with E-state index in [0.29, 0.717) is 45.9 Å². The van der Waals surface area contributed by atoms with Gasteiger partial charge in [-0.1, -0.05) is 132 Å². The van der Waals surface area contributed by atoms with E-state index in [9.17, 15) is 4.79 Å². The van der Waals surface area contributed by atoms with E-state index in [2.05, 4.69) is 13.8 Å². The summed E-state index contributed by atoms with van der Waals surface area (Å²) in [7, 11) is 0. The van der Waals surface area contributed by atoms with Crippen LogP contribution >= 0.6 is 34.8 Å². The number of fused-ring (bicyclic) bond motifs is 20. The standard InChI is InChI=1S/C32H18N8.C2HCl3O2.Al.2H/c1-2-10-18-17(9-1)25-33-26(18)38-28-21-13-5-6-14-22(21)30(35-28)40-32-24-16-8-7-15-23(24)31(36-32)39-29-20-12-4-3-11-19(20)27(34-29)37-25;3-2(4,5)1(6)7;;;/h1-16H,(H2,33,34,35,36,37,38,39,40);(H,6,7);;;/q;;+1;;/p-1. The van der Waals surface area contributed by atoms with E-state index in [1.54, 1.807) is 0 Å². The Kier molecular flexibility index (Phi) is 7.59. The molecular formula is C34H20AlCl3N8O2. The van der Waals surface area contributed by atoms with Crippen LogP contribution in [0.5, 0.6) is 0 Å². The molecule has 4 aromatic carbocycles. The second-order valence-corrected chi connectivity index (χ2v) is 13.5. The van der Waals surface area contributed by atoms with Gasteiger partial charge in [0.15, 0.2) is 23.3 Å². The van der Waals surface area contributed by atoms with Crippen LogP contribution < -0.4 is 0 Å². The summed E-state index contributed by atoms with van der Waals surface area (Å²) in [5.41, 5.74) is 6.45. The molecule has 0 amide bonds. The molecule has 0 spiro atoms. The third kappa shape index (κ3) is 5.36. The predicted octanol–water partition coefficient (Wildman–Crippen LogP) is 7.32. The number of carbonyl (C=O) groups excluding carboxylic acids is 1. The van der Waals surface area contributed by atoms with Crippen molar-refractivity contribution in [2.75, 3.05) is 0 Å². The number of rotatable bonds is 0. The van der Waals surface area contributed by atoms with E-state index in [4.69, 9.17) is 64.7 Å². The first kappa shape index (κ1) is 30.4. The average Bonchev–Trinajstić information content (AvgIpc) is 3.83. The lowest BCUT2D eigenvalue weighted by molar-refractivity contribution is -0.133. The zero-order chi connectivity index (χ0) is 33.0. The summed E-state index contributed by atoms with van der Waals surface area (Å²) in [5, 5.41) is 3.82. The fourth-order valence-electron chi connectivity index (χ4n) is 5.71. The number of H-pyrrole nitrogens is 2. The molecule has 0 fully saturated rings. The van der Waals surface area contributed by atoms with E-state index in [0.717, 1.165) is 43.8 Å². The minimum Gasteiger partial charge on any atom is -0.618 e. The maximum absolute atomic E-state index is 10.2. The second-order valence-electron chi connectivity index (χ2n) is 10.8. The highest BCUT2D eigenvalue weighted by molar-refractivity contribution is 6.76. The number of hydrogen-bond acceptors (Lipinski definition) is 8. The molecule has 2 aliphatic rings. The number of hydrogen-bond donors (Lipinski definition) is 2. The Bertz CT molecular complexity index is 2280. The fraction of sp³-hybridized carbons (Fsp3) is 0.0294. The lowest BCUT2D eigenvalue weighted by atomic mass is 10.1. The van der Waals surface area contributed by atoms with Gasteiger partial charge in [0.1, 0.15) is 22.6 Å². The molecule has 0 atom stereocenters. The van der Waals surface area contributed by atoms with Crippen LogP contribution in [-0.4, -0.2) is 66.3 Å². The molecule has 232 valence electrons. The summed E-state index contributed by atoms with van der Waals surface area (Å²) in [6.45, 7) is 0. The maximum Gasteiger partial charge on any atom is 0.499 e. The molecule has 0 saturated heterocycles. The molecule has 2 aliphatic heterocycles. The number of aromatic nitrogens is 8. The molecule has 9 rings (SSSR count). The van der Waals surface area contributed by atoms with Crippen LogP contribution in [-0.2, 0) is 8.58 Å². The lowest BCUT2D eigenvalue weighted by Crippen LogP contribution is -2.20. The minimum absolute atomic E-state index is 0.251. The van der Waals surface area contributed by atoms with Crippen molar-refractivity contribution in [1.29, 1.82) is 0 Å². The van der Waals surface area contributed by atoms with Gasteiger partial charge >= 0.3 is 22.6 Å². The van der Waals surface area contributed by atoms with E-state index >= 15 is 0 Å². The normalized spacial score (nSPS) is 11.8. The summed E-state index contributed by atoms with van der Waals surface area (Å²) < 4.78 is 2.32. The highest BCUT2D eigenvalue weighted by atomic mass is 35.6. The molecule has 7 aromatic rings. The summed E-state index contributed by atoms with van der Waals surface area (Å²) in [6.07, 6.45) is 0. The average molecular weight is 706 g/mol. The van der Waals surface area contributed by atoms with Crippen LogP contribution in [0.25, 0.3) is 89.7 Å². The van der Waals surface area contributed by atoms with Crippen molar-refractivity contribution in [3.05, 3.63) is 97.1 Å². The monoisotopic (exact) mass is 704 g/mol. The largest absolute Gasteiger partial charge is 0.618 e. The van der Waals surface area contributed by atoms with Crippen LogP contribution in [0.2, 0.25) is 0 Å². The van der Waals surface area contributed by atoms with Crippen molar-refractivity contribution in [1.82, 2.24) is 39.9 Å². The van der Waals surface area contributed by atoms with E-state index < -0.39 is 9.76 Å². The Labute approximate surface area is 295 Å². The first-order valence-corrected chi connectivity index (χ1v) is 16.6. The Morgan fingerprint density at radius 1 is 0.500 bits per heavy atom. The van der Waals surface area contributed by atoms with E-state index in [1.807, 2.05) is 97.1 Å². The SMILES string of the molecule is O=C([O][AlH2])C(Cl)(Cl)Cl.c1ccc2c(c1)-c1nc-2nc2[nH]c(nc3nc(nc4[nH]c(n1)c1ccccc41)-c1ccccc1-3)c1ccccc21. The molecule has 0 radical (unpaired) electrons. The van der Waals surface area contributed by atoms with Crippen molar-refractivity contribution >= 4 is 102 Å². The molecule has 3 aromatic heterocycles. The third-order valence-corrected chi connectivity index (χ3v) is 8.71. The molecule has 0 saturated carbocycles. The zero-order valence-electron chi connectivity index (χ0n) is 24.9. The number of alkyl halides is 3. The topological polar surface area (TPSA) is 135 Å². The molecule has 2 N–H and O–H groups in total. The van der Waals surface area contributed by atoms with Gasteiger partial charge in [-0.2, -0.15) is 0 Å². The summed E-state index contributed by atoms with van der Waals surface area (Å²) in [6, 6.07) is 32.2. The van der Waals surface area contributed by atoms with Crippen molar-refractivity contribution in [2.45, 2.75) is 3.79 Å². The molecule has 48 heavy (non-hydrogen) atoms. The molecule has 0 aliphatic carbocycles. The van der Waals surface area contributed by atoms with Crippen molar-refractivity contribution in [3.8, 4) is 45.6 Å². The van der Waals surface area contributed by atoms with Gasteiger partial charge in [-0.05, 0) is 0 Å². The van der Waals surface area contributed by atoms with E-state index in [-0.39, 0.29) is 16.6 Å². The Balaban J connectivity index is 0.000000377. The van der Waals surface area contributed by atoms with Crippen LogP contribution in [0.1, 0.15) is 0 Å². The smallest absolute Gasteiger partial charge is 0.499 e. The van der Waals surface area contributed by atoms with Gasteiger partial charge in [0.2, 0.25) is 0 Å². The van der Waals surface area contributed by atoms with Gasteiger partial charge in [-0.3, -0.25) is 4.79 Å². The Morgan fingerprint density at radius 2 is 0.771 bits per heavy atom.